The number of anilines is 2. The Hall–Kier alpha value is -1.59. The van der Waals surface area contributed by atoms with Crippen molar-refractivity contribution < 1.29 is 4.79 Å². The lowest BCUT2D eigenvalue weighted by Gasteiger charge is -2.08. The zero-order valence-electron chi connectivity index (χ0n) is 10.1. The largest absolute Gasteiger partial charge is 0.373 e. The van der Waals surface area contributed by atoms with Gasteiger partial charge in [0.1, 0.15) is 5.82 Å². The number of carbonyl (C=O) groups excluding carboxylic acids is 1. The van der Waals surface area contributed by atoms with Gasteiger partial charge in [0.25, 0.3) is 5.91 Å². The van der Waals surface area contributed by atoms with E-state index in [2.05, 4.69) is 31.5 Å². The lowest BCUT2D eigenvalue weighted by Crippen LogP contribution is -2.12. The fraction of sp³-hybridized carbons (Fsp3) is 0.0769. The van der Waals surface area contributed by atoms with Gasteiger partial charge in [0.15, 0.2) is 0 Å². The first-order chi connectivity index (χ1) is 9.10. The quantitative estimate of drug-likeness (QED) is 0.894. The standard InChI is InChI=1S/C13H11BrClN3O/c1-16-12-6-8(4-5-17-12)13(19)18-11-3-2-9(14)7-10(11)15/h2-7H,1H3,(H,16,17)(H,18,19). The van der Waals surface area contributed by atoms with Crippen molar-refractivity contribution in [2.24, 2.45) is 0 Å². The Labute approximate surface area is 124 Å². The van der Waals surface area contributed by atoms with Crippen molar-refractivity contribution in [1.82, 2.24) is 4.98 Å². The molecule has 0 fully saturated rings. The number of rotatable bonds is 3. The van der Waals surface area contributed by atoms with Crippen LogP contribution >= 0.6 is 27.5 Å². The SMILES string of the molecule is CNc1cc(C(=O)Nc2ccc(Br)cc2Cl)ccn1. The molecule has 19 heavy (non-hydrogen) atoms. The number of nitrogens with zero attached hydrogens (tertiary/aromatic N) is 1. The van der Waals surface area contributed by atoms with Gasteiger partial charge in [0.2, 0.25) is 0 Å². The normalized spacial score (nSPS) is 10.1. The number of halogens is 2. The van der Waals surface area contributed by atoms with E-state index in [9.17, 15) is 4.79 Å². The molecule has 2 N–H and O–H groups in total. The van der Waals surface area contributed by atoms with E-state index >= 15 is 0 Å². The van der Waals surface area contributed by atoms with E-state index in [0.717, 1.165) is 4.47 Å². The molecule has 1 amide bonds. The first kappa shape index (κ1) is 13.8. The number of carbonyl (C=O) groups is 1. The fourth-order valence-electron chi connectivity index (χ4n) is 1.49. The predicted octanol–water partition coefficient (Wildman–Crippen LogP) is 3.79. The molecular formula is C13H11BrClN3O. The summed E-state index contributed by atoms with van der Waals surface area (Å²) in [5.41, 5.74) is 1.08. The Morgan fingerprint density at radius 3 is 2.79 bits per heavy atom. The van der Waals surface area contributed by atoms with Gasteiger partial charge in [-0.2, -0.15) is 0 Å². The van der Waals surface area contributed by atoms with E-state index in [-0.39, 0.29) is 5.91 Å². The summed E-state index contributed by atoms with van der Waals surface area (Å²) in [4.78, 5) is 16.1. The highest BCUT2D eigenvalue weighted by atomic mass is 79.9. The Morgan fingerprint density at radius 1 is 1.32 bits per heavy atom. The highest BCUT2D eigenvalue weighted by Gasteiger charge is 2.09. The molecule has 1 aromatic carbocycles. The number of aromatic nitrogens is 1. The van der Waals surface area contributed by atoms with E-state index in [1.165, 1.54) is 0 Å². The van der Waals surface area contributed by atoms with E-state index in [4.69, 9.17) is 11.6 Å². The van der Waals surface area contributed by atoms with E-state index < -0.39 is 0 Å². The second kappa shape index (κ2) is 6.04. The van der Waals surface area contributed by atoms with E-state index in [1.54, 1.807) is 37.5 Å². The highest BCUT2D eigenvalue weighted by Crippen LogP contribution is 2.26. The number of nitrogens with one attached hydrogen (secondary N) is 2. The molecule has 0 atom stereocenters. The van der Waals surface area contributed by atoms with Crippen LogP contribution in [0.4, 0.5) is 11.5 Å². The Balaban J connectivity index is 2.20. The van der Waals surface area contributed by atoms with Gasteiger partial charge in [0, 0.05) is 23.3 Å². The number of amides is 1. The van der Waals surface area contributed by atoms with Gasteiger partial charge in [-0.3, -0.25) is 4.79 Å². The molecular weight excluding hydrogens is 330 g/mol. The maximum Gasteiger partial charge on any atom is 0.255 e. The molecule has 0 spiro atoms. The molecule has 2 rings (SSSR count). The number of hydrogen-bond donors (Lipinski definition) is 2. The second-order valence-electron chi connectivity index (χ2n) is 3.76. The molecule has 0 saturated heterocycles. The Kier molecular flexibility index (Phi) is 4.39. The summed E-state index contributed by atoms with van der Waals surface area (Å²) in [6.07, 6.45) is 1.57. The summed E-state index contributed by atoms with van der Waals surface area (Å²) in [5, 5.41) is 6.12. The third-order valence-corrected chi connectivity index (χ3v) is 3.26. The van der Waals surface area contributed by atoms with Crippen LogP contribution in [0.5, 0.6) is 0 Å². The first-order valence-corrected chi connectivity index (χ1v) is 6.67. The second-order valence-corrected chi connectivity index (χ2v) is 5.08. The molecule has 1 heterocycles. The van der Waals surface area contributed by atoms with Crippen molar-refractivity contribution in [2.45, 2.75) is 0 Å². The number of hydrogen-bond acceptors (Lipinski definition) is 3. The summed E-state index contributed by atoms with van der Waals surface area (Å²) < 4.78 is 0.858. The van der Waals surface area contributed by atoms with Crippen molar-refractivity contribution in [3.8, 4) is 0 Å². The van der Waals surface area contributed by atoms with Crippen LogP contribution in [0.25, 0.3) is 0 Å². The van der Waals surface area contributed by atoms with Gasteiger partial charge >= 0.3 is 0 Å². The average molecular weight is 341 g/mol. The molecule has 0 bridgehead atoms. The molecule has 2 aromatic rings. The lowest BCUT2D eigenvalue weighted by molar-refractivity contribution is 0.102. The van der Waals surface area contributed by atoms with Crippen molar-refractivity contribution in [2.75, 3.05) is 17.7 Å². The molecule has 0 saturated carbocycles. The van der Waals surface area contributed by atoms with Gasteiger partial charge in [-0.05, 0) is 30.3 Å². The average Bonchev–Trinajstić information content (AvgIpc) is 2.42. The molecule has 0 unspecified atom stereocenters. The topological polar surface area (TPSA) is 54.0 Å². The maximum absolute atomic E-state index is 12.1. The van der Waals surface area contributed by atoms with Gasteiger partial charge in [0.05, 0.1) is 10.7 Å². The minimum Gasteiger partial charge on any atom is -0.373 e. The zero-order chi connectivity index (χ0) is 13.8. The summed E-state index contributed by atoms with van der Waals surface area (Å²) in [7, 11) is 1.75. The first-order valence-electron chi connectivity index (χ1n) is 5.50. The van der Waals surface area contributed by atoms with Crippen molar-refractivity contribution in [3.05, 3.63) is 51.6 Å². The molecule has 98 valence electrons. The predicted molar refractivity (Wildman–Crippen MR) is 80.9 cm³/mol. The lowest BCUT2D eigenvalue weighted by atomic mass is 10.2. The van der Waals surface area contributed by atoms with Gasteiger partial charge < -0.3 is 10.6 Å². The zero-order valence-corrected chi connectivity index (χ0v) is 12.4. The molecule has 0 aliphatic heterocycles. The van der Waals surface area contributed by atoms with Gasteiger partial charge in [-0.1, -0.05) is 27.5 Å². The van der Waals surface area contributed by atoms with E-state index in [1.807, 2.05) is 6.07 Å². The van der Waals surface area contributed by atoms with Crippen LogP contribution in [0.2, 0.25) is 5.02 Å². The third kappa shape index (κ3) is 3.45. The van der Waals surface area contributed by atoms with Crippen LogP contribution in [0.3, 0.4) is 0 Å². The highest BCUT2D eigenvalue weighted by molar-refractivity contribution is 9.10. The molecule has 0 aliphatic rings. The third-order valence-electron chi connectivity index (χ3n) is 2.46. The minimum atomic E-state index is -0.233. The molecule has 0 radical (unpaired) electrons. The van der Waals surface area contributed by atoms with Crippen molar-refractivity contribution >= 4 is 44.9 Å². The van der Waals surface area contributed by atoms with E-state index in [0.29, 0.717) is 22.1 Å². The minimum absolute atomic E-state index is 0.233. The van der Waals surface area contributed by atoms with Crippen LogP contribution in [-0.4, -0.2) is 17.9 Å². The van der Waals surface area contributed by atoms with Crippen LogP contribution in [0.15, 0.2) is 41.0 Å². The van der Waals surface area contributed by atoms with Gasteiger partial charge in [-0.15, -0.1) is 0 Å². The van der Waals surface area contributed by atoms with Crippen LogP contribution < -0.4 is 10.6 Å². The summed E-state index contributed by atoms with van der Waals surface area (Å²) in [5.74, 6) is 0.401. The summed E-state index contributed by atoms with van der Waals surface area (Å²) in [6.45, 7) is 0. The van der Waals surface area contributed by atoms with Crippen LogP contribution in [0, 0.1) is 0 Å². The number of pyridine rings is 1. The molecule has 6 heteroatoms. The summed E-state index contributed by atoms with van der Waals surface area (Å²) in [6, 6.07) is 8.59. The van der Waals surface area contributed by atoms with Gasteiger partial charge in [-0.25, -0.2) is 4.98 Å². The van der Waals surface area contributed by atoms with Crippen LogP contribution in [-0.2, 0) is 0 Å². The fourth-order valence-corrected chi connectivity index (χ4v) is 2.21. The Bertz CT molecular complexity index is 619. The molecule has 1 aromatic heterocycles. The molecule has 4 nitrogen and oxygen atoms in total. The van der Waals surface area contributed by atoms with Crippen molar-refractivity contribution in [3.63, 3.8) is 0 Å². The Morgan fingerprint density at radius 2 is 2.11 bits per heavy atom. The summed E-state index contributed by atoms with van der Waals surface area (Å²) >= 11 is 9.36. The maximum atomic E-state index is 12.1. The van der Waals surface area contributed by atoms with Crippen molar-refractivity contribution in [1.29, 1.82) is 0 Å². The smallest absolute Gasteiger partial charge is 0.255 e. The number of benzene rings is 1. The van der Waals surface area contributed by atoms with Crippen LogP contribution in [0.1, 0.15) is 10.4 Å². The monoisotopic (exact) mass is 339 g/mol. The molecule has 0 aliphatic carbocycles.